The molecule has 0 unspecified atom stereocenters. The van der Waals surface area contributed by atoms with E-state index in [1.54, 1.807) is 10.9 Å². The van der Waals surface area contributed by atoms with Crippen LogP contribution in [0.25, 0.3) is 5.82 Å². The molecule has 3 aromatic rings. The highest BCUT2D eigenvalue weighted by Crippen LogP contribution is 2.29. The maximum absolute atomic E-state index is 12.9. The van der Waals surface area contributed by atoms with Gasteiger partial charge in [-0.05, 0) is 24.6 Å². The van der Waals surface area contributed by atoms with Gasteiger partial charge in [-0.3, -0.25) is 0 Å². The Balaban J connectivity index is 1.46. The standard InChI is InChI=1S/C18H18F3N7/c1-13-10-24-28(11-13)16-4-2-3-15(25-16)26-5-7-27(8-6-26)17-9-14(18(19,20)21)22-12-23-17/h2-4,9-12H,5-8H2,1H3. The van der Waals surface area contributed by atoms with Gasteiger partial charge in [-0.2, -0.15) is 18.3 Å². The van der Waals surface area contributed by atoms with E-state index in [9.17, 15) is 13.2 Å². The van der Waals surface area contributed by atoms with E-state index in [-0.39, 0.29) is 5.82 Å². The van der Waals surface area contributed by atoms with Gasteiger partial charge in [0.15, 0.2) is 5.82 Å². The second-order valence-corrected chi connectivity index (χ2v) is 6.55. The summed E-state index contributed by atoms with van der Waals surface area (Å²) >= 11 is 0. The number of anilines is 2. The van der Waals surface area contributed by atoms with Crippen molar-refractivity contribution in [1.82, 2.24) is 24.7 Å². The minimum absolute atomic E-state index is 0.288. The minimum Gasteiger partial charge on any atom is -0.353 e. The maximum Gasteiger partial charge on any atom is 0.433 e. The van der Waals surface area contributed by atoms with E-state index < -0.39 is 11.9 Å². The summed E-state index contributed by atoms with van der Waals surface area (Å²) in [4.78, 5) is 15.9. The fraction of sp³-hybridized carbons (Fsp3) is 0.333. The lowest BCUT2D eigenvalue weighted by Crippen LogP contribution is -2.47. The van der Waals surface area contributed by atoms with Crippen LogP contribution in [0.4, 0.5) is 24.8 Å². The summed E-state index contributed by atoms with van der Waals surface area (Å²) in [5, 5.41) is 4.27. The van der Waals surface area contributed by atoms with Crippen LogP contribution in [0.3, 0.4) is 0 Å². The molecule has 0 aromatic carbocycles. The van der Waals surface area contributed by atoms with Crippen LogP contribution >= 0.6 is 0 Å². The number of pyridine rings is 1. The molecule has 1 saturated heterocycles. The van der Waals surface area contributed by atoms with Gasteiger partial charge in [-0.1, -0.05) is 6.07 Å². The van der Waals surface area contributed by atoms with Crippen molar-refractivity contribution in [1.29, 1.82) is 0 Å². The molecule has 4 rings (SSSR count). The van der Waals surface area contributed by atoms with Gasteiger partial charge in [0.1, 0.15) is 23.7 Å². The molecule has 10 heteroatoms. The van der Waals surface area contributed by atoms with Gasteiger partial charge >= 0.3 is 6.18 Å². The maximum atomic E-state index is 12.9. The van der Waals surface area contributed by atoms with E-state index >= 15 is 0 Å². The molecule has 0 N–H and O–H groups in total. The van der Waals surface area contributed by atoms with Crippen LogP contribution in [0.2, 0.25) is 0 Å². The molecule has 0 amide bonds. The number of alkyl halides is 3. The summed E-state index contributed by atoms with van der Waals surface area (Å²) in [5.74, 6) is 1.82. The first-order valence-corrected chi connectivity index (χ1v) is 8.78. The molecule has 0 aliphatic carbocycles. The lowest BCUT2D eigenvalue weighted by atomic mass is 10.3. The van der Waals surface area contributed by atoms with Gasteiger partial charge in [-0.15, -0.1) is 0 Å². The predicted octanol–water partition coefficient (Wildman–Crippen LogP) is 2.71. The van der Waals surface area contributed by atoms with Gasteiger partial charge in [0.05, 0.1) is 6.20 Å². The SMILES string of the molecule is Cc1cnn(-c2cccc(N3CCN(c4cc(C(F)(F)F)ncn4)CC3)n2)c1. The third-order valence-corrected chi connectivity index (χ3v) is 4.54. The molecular formula is C18H18F3N7. The number of hydrogen-bond acceptors (Lipinski definition) is 6. The Morgan fingerprint density at radius 1 is 0.929 bits per heavy atom. The zero-order valence-corrected chi connectivity index (χ0v) is 15.1. The topological polar surface area (TPSA) is 63.0 Å². The normalized spacial score (nSPS) is 15.1. The molecule has 1 fully saturated rings. The van der Waals surface area contributed by atoms with Crippen molar-refractivity contribution >= 4 is 11.6 Å². The van der Waals surface area contributed by atoms with E-state index in [2.05, 4.69) is 25.0 Å². The van der Waals surface area contributed by atoms with Crippen molar-refractivity contribution in [2.45, 2.75) is 13.1 Å². The van der Waals surface area contributed by atoms with Gasteiger partial charge in [0.2, 0.25) is 0 Å². The van der Waals surface area contributed by atoms with Crippen LogP contribution in [0.15, 0.2) is 43.0 Å². The summed E-state index contributed by atoms with van der Waals surface area (Å²) in [6, 6.07) is 6.71. The third-order valence-electron chi connectivity index (χ3n) is 4.54. The first-order valence-electron chi connectivity index (χ1n) is 8.78. The van der Waals surface area contributed by atoms with Crippen molar-refractivity contribution in [3.8, 4) is 5.82 Å². The van der Waals surface area contributed by atoms with E-state index in [1.165, 1.54) is 0 Å². The molecule has 3 aromatic heterocycles. The number of aryl methyl sites for hydroxylation is 1. The Kier molecular flexibility index (Phi) is 4.62. The molecule has 146 valence electrons. The largest absolute Gasteiger partial charge is 0.433 e. The predicted molar refractivity (Wildman–Crippen MR) is 97.6 cm³/mol. The minimum atomic E-state index is -4.48. The number of halogens is 3. The summed E-state index contributed by atoms with van der Waals surface area (Å²) < 4.78 is 40.3. The Hall–Kier alpha value is -3.17. The Morgan fingerprint density at radius 2 is 1.61 bits per heavy atom. The summed E-state index contributed by atoms with van der Waals surface area (Å²) in [7, 11) is 0. The van der Waals surface area contributed by atoms with Gasteiger partial charge in [0, 0.05) is 38.4 Å². The van der Waals surface area contributed by atoms with Crippen molar-refractivity contribution in [3.63, 3.8) is 0 Å². The number of nitrogens with zero attached hydrogens (tertiary/aromatic N) is 7. The molecule has 0 saturated carbocycles. The Labute approximate surface area is 159 Å². The van der Waals surface area contributed by atoms with Crippen molar-refractivity contribution in [2.24, 2.45) is 0 Å². The van der Waals surface area contributed by atoms with Crippen molar-refractivity contribution < 1.29 is 13.2 Å². The van der Waals surface area contributed by atoms with Gasteiger partial charge in [0.25, 0.3) is 0 Å². The van der Waals surface area contributed by atoms with Crippen LogP contribution in [-0.2, 0) is 6.18 Å². The quantitative estimate of drug-likeness (QED) is 0.687. The van der Waals surface area contributed by atoms with E-state index in [1.807, 2.05) is 36.2 Å². The molecule has 7 nitrogen and oxygen atoms in total. The molecular weight excluding hydrogens is 371 g/mol. The smallest absolute Gasteiger partial charge is 0.353 e. The molecule has 0 atom stereocenters. The highest BCUT2D eigenvalue weighted by molar-refractivity contribution is 5.47. The highest BCUT2D eigenvalue weighted by atomic mass is 19.4. The van der Waals surface area contributed by atoms with Crippen LogP contribution in [0.1, 0.15) is 11.3 Å². The monoisotopic (exact) mass is 389 g/mol. The molecule has 0 radical (unpaired) electrons. The average molecular weight is 389 g/mol. The van der Waals surface area contributed by atoms with Gasteiger partial charge in [-0.25, -0.2) is 19.6 Å². The first kappa shape index (κ1) is 18.2. The van der Waals surface area contributed by atoms with Crippen LogP contribution < -0.4 is 9.80 Å². The molecule has 28 heavy (non-hydrogen) atoms. The number of hydrogen-bond donors (Lipinski definition) is 0. The fourth-order valence-electron chi connectivity index (χ4n) is 3.09. The second kappa shape index (κ2) is 7.10. The van der Waals surface area contributed by atoms with Crippen molar-refractivity contribution in [3.05, 3.63) is 54.2 Å². The summed E-state index contributed by atoms with van der Waals surface area (Å²) in [6.45, 7) is 4.30. The van der Waals surface area contributed by atoms with Gasteiger partial charge < -0.3 is 9.80 Å². The van der Waals surface area contributed by atoms with E-state index in [0.29, 0.717) is 26.2 Å². The first-order chi connectivity index (χ1) is 13.4. The van der Waals surface area contributed by atoms with E-state index in [0.717, 1.165) is 29.6 Å². The van der Waals surface area contributed by atoms with Crippen LogP contribution in [0, 0.1) is 6.92 Å². The van der Waals surface area contributed by atoms with Crippen molar-refractivity contribution in [2.75, 3.05) is 36.0 Å². The fourth-order valence-corrected chi connectivity index (χ4v) is 3.09. The van der Waals surface area contributed by atoms with E-state index in [4.69, 9.17) is 0 Å². The molecule has 1 aliphatic rings. The summed E-state index contributed by atoms with van der Waals surface area (Å²) in [6.07, 6.45) is 0.151. The Morgan fingerprint density at radius 3 is 2.25 bits per heavy atom. The zero-order valence-electron chi connectivity index (χ0n) is 15.1. The lowest BCUT2D eigenvalue weighted by molar-refractivity contribution is -0.141. The zero-order chi connectivity index (χ0) is 19.7. The van der Waals surface area contributed by atoms with Crippen LogP contribution in [0.5, 0.6) is 0 Å². The molecule has 0 spiro atoms. The second-order valence-electron chi connectivity index (χ2n) is 6.55. The molecule has 4 heterocycles. The highest BCUT2D eigenvalue weighted by Gasteiger charge is 2.33. The molecule has 1 aliphatic heterocycles. The number of aromatic nitrogens is 5. The lowest BCUT2D eigenvalue weighted by Gasteiger charge is -2.36. The summed E-state index contributed by atoms with van der Waals surface area (Å²) in [5.41, 5.74) is 0.118. The Bertz CT molecular complexity index is 962. The number of rotatable bonds is 3. The number of piperazine rings is 1. The average Bonchev–Trinajstić information content (AvgIpc) is 3.14. The third kappa shape index (κ3) is 3.75. The molecule has 0 bridgehead atoms. The van der Waals surface area contributed by atoms with Crippen LogP contribution in [-0.4, -0.2) is 50.9 Å².